The molecule has 0 fully saturated rings. The van der Waals surface area contributed by atoms with Gasteiger partial charge in [0.2, 0.25) is 0 Å². The highest BCUT2D eigenvalue weighted by atomic mass is 14.9. The van der Waals surface area contributed by atoms with Gasteiger partial charge in [-0.2, -0.15) is 0 Å². The molecule has 2 atom stereocenters. The van der Waals surface area contributed by atoms with Crippen molar-refractivity contribution in [1.29, 1.82) is 0 Å². The summed E-state index contributed by atoms with van der Waals surface area (Å²) in [4.78, 5) is 12.2. The third kappa shape index (κ3) is 2.65. The van der Waals surface area contributed by atoms with Gasteiger partial charge in [0.05, 0.1) is 17.7 Å². The van der Waals surface area contributed by atoms with Crippen molar-refractivity contribution in [3.63, 3.8) is 0 Å². The highest BCUT2D eigenvalue weighted by Crippen LogP contribution is 2.37. The third-order valence-electron chi connectivity index (χ3n) is 4.83. The van der Waals surface area contributed by atoms with Gasteiger partial charge in [0.25, 0.3) is 0 Å². The molecule has 3 nitrogen and oxygen atoms in total. The van der Waals surface area contributed by atoms with Crippen LogP contribution in [0.4, 0.5) is 0 Å². The van der Waals surface area contributed by atoms with Gasteiger partial charge in [-0.15, -0.1) is 0 Å². The van der Waals surface area contributed by atoms with Crippen molar-refractivity contribution in [3.8, 4) is 0 Å². The van der Waals surface area contributed by atoms with Crippen LogP contribution >= 0.6 is 0 Å². The number of H-pyrrole nitrogens is 1. The first-order valence-electron chi connectivity index (χ1n) is 7.83. The van der Waals surface area contributed by atoms with Crippen molar-refractivity contribution < 1.29 is 0 Å². The Labute approximate surface area is 126 Å². The first-order valence-corrected chi connectivity index (χ1v) is 7.83. The number of aromatic amines is 1. The molecule has 0 amide bonds. The molecule has 3 rings (SSSR count). The van der Waals surface area contributed by atoms with Crippen LogP contribution in [0.3, 0.4) is 0 Å². The maximum Gasteiger partial charge on any atom is 0.0925 e. The van der Waals surface area contributed by atoms with Gasteiger partial charge in [0.15, 0.2) is 0 Å². The lowest BCUT2D eigenvalue weighted by atomic mass is 9.75. The van der Waals surface area contributed by atoms with E-state index >= 15 is 0 Å². The summed E-state index contributed by atoms with van der Waals surface area (Å²) in [5, 5.41) is 0. The number of fused-ring (bicyclic) bond motifs is 1. The molecule has 21 heavy (non-hydrogen) atoms. The highest BCUT2D eigenvalue weighted by molar-refractivity contribution is 5.45. The molecule has 1 N–H and O–H groups in total. The molecular weight excluding hydrogens is 258 g/mol. The van der Waals surface area contributed by atoms with E-state index in [2.05, 4.69) is 41.4 Å². The molecule has 1 aliphatic carbocycles. The van der Waals surface area contributed by atoms with Crippen molar-refractivity contribution in [1.82, 2.24) is 15.0 Å². The van der Waals surface area contributed by atoms with Crippen LogP contribution in [0.2, 0.25) is 0 Å². The minimum atomic E-state index is 0.570. The number of rotatable bonds is 4. The summed E-state index contributed by atoms with van der Waals surface area (Å²) >= 11 is 0. The van der Waals surface area contributed by atoms with Gasteiger partial charge >= 0.3 is 0 Å². The second-order valence-corrected chi connectivity index (χ2v) is 6.00. The predicted molar refractivity (Wildman–Crippen MR) is 86.2 cm³/mol. The summed E-state index contributed by atoms with van der Waals surface area (Å²) in [5.74, 6) is 1.25. The van der Waals surface area contributed by atoms with Gasteiger partial charge in [-0.25, -0.2) is 4.98 Å². The van der Waals surface area contributed by atoms with E-state index in [1.807, 2.05) is 18.6 Å². The van der Waals surface area contributed by atoms with Crippen molar-refractivity contribution in [3.05, 3.63) is 53.4 Å². The van der Waals surface area contributed by atoms with E-state index in [1.54, 1.807) is 0 Å². The molecule has 0 saturated heterocycles. The molecule has 110 valence electrons. The van der Waals surface area contributed by atoms with Crippen LogP contribution in [-0.2, 0) is 12.8 Å². The van der Waals surface area contributed by atoms with E-state index in [-0.39, 0.29) is 0 Å². The van der Waals surface area contributed by atoms with Gasteiger partial charge in [-0.1, -0.05) is 13.5 Å². The van der Waals surface area contributed by atoms with Crippen LogP contribution in [0.5, 0.6) is 0 Å². The SMILES string of the molecule is C=Cc1cc2c(cn1)CCC([C@H](CC)c1[nH]cnc1C)C2. The van der Waals surface area contributed by atoms with Crippen LogP contribution in [0.15, 0.2) is 25.2 Å². The molecule has 0 saturated carbocycles. The van der Waals surface area contributed by atoms with Gasteiger partial charge in [-0.3, -0.25) is 4.98 Å². The highest BCUT2D eigenvalue weighted by Gasteiger charge is 2.28. The lowest BCUT2D eigenvalue weighted by Gasteiger charge is -2.31. The predicted octanol–water partition coefficient (Wildman–Crippen LogP) is 4.05. The zero-order valence-corrected chi connectivity index (χ0v) is 12.9. The first kappa shape index (κ1) is 14.1. The normalized spacial score (nSPS) is 19.0. The molecule has 2 aromatic heterocycles. The largest absolute Gasteiger partial charge is 0.348 e. The fraction of sp³-hybridized carbons (Fsp3) is 0.444. The average Bonchev–Trinajstić information content (AvgIpc) is 2.93. The number of pyridine rings is 1. The van der Waals surface area contributed by atoms with Gasteiger partial charge in [0.1, 0.15) is 0 Å². The zero-order valence-electron chi connectivity index (χ0n) is 12.9. The van der Waals surface area contributed by atoms with Crippen LogP contribution in [0.25, 0.3) is 6.08 Å². The molecular formula is C18H23N3. The van der Waals surface area contributed by atoms with E-state index in [1.165, 1.54) is 23.2 Å². The summed E-state index contributed by atoms with van der Waals surface area (Å²) in [6, 6.07) is 2.21. The number of hydrogen-bond donors (Lipinski definition) is 1. The number of imidazole rings is 1. The van der Waals surface area contributed by atoms with E-state index in [4.69, 9.17) is 0 Å². The molecule has 0 radical (unpaired) electrons. The molecule has 0 spiro atoms. The lowest BCUT2D eigenvalue weighted by Crippen LogP contribution is -2.22. The fourth-order valence-electron chi connectivity index (χ4n) is 3.66. The van der Waals surface area contributed by atoms with Crippen LogP contribution in [0, 0.1) is 12.8 Å². The maximum atomic E-state index is 4.43. The number of aryl methyl sites for hydroxylation is 2. The van der Waals surface area contributed by atoms with Gasteiger partial charge in [0, 0.05) is 17.8 Å². The number of aromatic nitrogens is 3. The summed E-state index contributed by atoms with van der Waals surface area (Å²) in [5.41, 5.74) is 6.32. The van der Waals surface area contributed by atoms with E-state index < -0.39 is 0 Å². The number of nitrogens with zero attached hydrogens (tertiary/aromatic N) is 2. The second-order valence-electron chi connectivity index (χ2n) is 6.00. The van der Waals surface area contributed by atoms with E-state index in [0.29, 0.717) is 11.8 Å². The van der Waals surface area contributed by atoms with E-state index in [9.17, 15) is 0 Å². The Kier molecular flexibility index (Phi) is 3.91. The third-order valence-corrected chi connectivity index (χ3v) is 4.83. The Hall–Kier alpha value is -1.90. The summed E-state index contributed by atoms with van der Waals surface area (Å²) in [7, 11) is 0. The van der Waals surface area contributed by atoms with Crippen LogP contribution in [-0.4, -0.2) is 15.0 Å². The minimum absolute atomic E-state index is 0.570. The monoisotopic (exact) mass is 281 g/mol. The van der Waals surface area contributed by atoms with Crippen LogP contribution in [0.1, 0.15) is 53.9 Å². The van der Waals surface area contributed by atoms with Crippen LogP contribution < -0.4 is 0 Å². The first-order chi connectivity index (χ1) is 10.2. The molecule has 2 aromatic rings. The Bertz CT molecular complexity index is 642. The van der Waals surface area contributed by atoms with Crippen molar-refractivity contribution >= 4 is 6.08 Å². The van der Waals surface area contributed by atoms with Crippen molar-refractivity contribution in [2.24, 2.45) is 5.92 Å². The molecule has 3 heteroatoms. The molecule has 1 unspecified atom stereocenters. The fourth-order valence-corrected chi connectivity index (χ4v) is 3.66. The standard InChI is InChI=1S/C18H23N3/c1-4-16-9-15-8-13(6-7-14(15)10-19-16)17(5-2)18-12(3)20-11-21-18/h4,9-11,13,17H,1,5-8H2,2-3H3,(H,20,21)/t13?,17-/m0/s1. The topological polar surface area (TPSA) is 41.6 Å². The average molecular weight is 281 g/mol. The number of hydrogen-bond acceptors (Lipinski definition) is 2. The zero-order chi connectivity index (χ0) is 14.8. The second kappa shape index (κ2) is 5.84. The molecule has 1 aliphatic rings. The molecule has 0 bridgehead atoms. The smallest absolute Gasteiger partial charge is 0.0925 e. The molecule has 2 heterocycles. The lowest BCUT2D eigenvalue weighted by molar-refractivity contribution is 0.361. The van der Waals surface area contributed by atoms with Crippen molar-refractivity contribution in [2.75, 3.05) is 0 Å². The Morgan fingerprint density at radius 1 is 1.43 bits per heavy atom. The van der Waals surface area contributed by atoms with Crippen molar-refractivity contribution in [2.45, 2.75) is 45.4 Å². The molecule has 0 aromatic carbocycles. The Balaban J connectivity index is 1.87. The maximum absolute atomic E-state index is 4.43. The quantitative estimate of drug-likeness (QED) is 0.918. The van der Waals surface area contributed by atoms with E-state index in [0.717, 1.165) is 30.7 Å². The van der Waals surface area contributed by atoms with Gasteiger partial charge < -0.3 is 4.98 Å². The summed E-state index contributed by atoms with van der Waals surface area (Å²) in [6.07, 6.45) is 10.3. The Morgan fingerprint density at radius 2 is 2.29 bits per heavy atom. The summed E-state index contributed by atoms with van der Waals surface area (Å²) < 4.78 is 0. The molecule has 0 aliphatic heterocycles. The van der Waals surface area contributed by atoms with Gasteiger partial charge in [-0.05, 0) is 61.8 Å². The Morgan fingerprint density at radius 3 is 2.95 bits per heavy atom. The summed E-state index contributed by atoms with van der Waals surface area (Å²) in [6.45, 7) is 8.21. The number of nitrogens with one attached hydrogen (secondary N) is 1. The minimum Gasteiger partial charge on any atom is -0.348 e.